The molecule has 0 aromatic heterocycles. The zero-order valence-corrected chi connectivity index (χ0v) is 12.5. The zero-order chi connectivity index (χ0) is 13.6. The van der Waals surface area contributed by atoms with E-state index in [-0.39, 0.29) is 0 Å². The van der Waals surface area contributed by atoms with E-state index >= 15 is 0 Å². The van der Waals surface area contributed by atoms with Crippen molar-refractivity contribution in [2.75, 3.05) is 6.61 Å². The van der Waals surface area contributed by atoms with Crippen molar-refractivity contribution in [3.05, 3.63) is 60.7 Å². The highest BCUT2D eigenvalue weighted by Crippen LogP contribution is 2.19. The molecular formula is C16H20O2Si. The molecule has 2 aromatic carbocycles. The van der Waals surface area contributed by atoms with Gasteiger partial charge < -0.3 is 8.85 Å². The Hall–Kier alpha value is -1.58. The van der Waals surface area contributed by atoms with E-state index in [1.54, 1.807) is 0 Å². The third kappa shape index (κ3) is 3.25. The highest BCUT2D eigenvalue weighted by Gasteiger charge is 2.40. The van der Waals surface area contributed by atoms with Crippen molar-refractivity contribution in [1.29, 1.82) is 0 Å². The fourth-order valence-corrected chi connectivity index (χ4v) is 4.94. The number of para-hydroxylation sites is 1. The van der Waals surface area contributed by atoms with Gasteiger partial charge in [-0.1, -0.05) is 55.5 Å². The van der Waals surface area contributed by atoms with Gasteiger partial charge in [0.05, 0.1) is 0 Å². The standard InChI is InChI=1S/C16H20O2Si/c1-3-17-19(4-2,16-13-9-6-10-14-16)18-15-11-7-5-8-12-15/h5-14H,3-4H2,1-2H3. The van der Waals surface area contributed by atoms with E-state index in [0.29, 0.717) is 6.61 Å². The molecule has 0 fully saturated rings. The summed E-state index contributed by atoms with van der Waals surface area (Å²) in [4.78, 5) is 0. The van der Waals surface area contributed by atoms with Crippen LogP contribution in [0.1, 0.15) is 13.8 Å². The minimum atomic E-state index is -2.39. The van der Waals surface area contributed by atoms with Gasteiger partial charge in [0.25, 0.3) is 0 Å². The molecule has 0 amide bonds. The van der Waals surface area contributed by atoms with Crippen LogP contribution in [0.3, 0.4) is 0 Å². The van der Waals surface area contributed by atoms with Crippen molar-refractivity contribution >= 4 is 13.7 Å². The van der Waals surface area contributed by atoms with E-state index in [9.17, 15) is 0 Å². The Morgan fingerprint density at radius 3 is 1.95 bits per heavy atom. The van der Waals surface area contributed by atoms with Gasteiger partial charge >= 0.3 is 8.56 Å². The molecule has 0 saturated carbocycles. The summed E-state index contributed by atoms with van der Waals surface area (Å²) in [5.41, 5.74) is 0. The molecule has 0 aliphatic heterocycles. The largest absolute Gasteiger partial charge is 0.517 e. The maximum Gasteiger partial charge on any atom is 0.433 e. The third-order valence-electron chi connectivity index (χ3n) is 3.08. The number of rotatable bonds is 6. The lowest BCUT2D eigenvalue weighted by Crippen LogP contribution is -2.56. The van der Waals surface area contributed by atoms with Crippen LogP contribution in [0.4, 0.5) is 0 Å². The molecule has 3 heteroatoms. The Kier molecular flexibility index (Phi) is 4.77. The monoisotopic (exact) mass is 272 g/mol. The molecule has 2 nitrogen and oxygen atoms in total. The second kappa shape index (κ2) is 6.54. The average molecular weight is 272 g/mol. The van der Waals surface area contributed by atoms with E-state index in [1.165, 1.54) is 5.19 Å². The first kappa shape index (κ1) is 13.8. The molecule has 0 aliphatic rings. The normalized spacial score (nSPS) is 13.8. The van der Waals surface area contributed by atoms with Gasteiger partial charge in [-0.25, -0.2) is 0 Å². The lowest BCUT2D eigenvalue weighted by molar-refractivity contribution is 0.265. The van der Waals surface area contributed by atoms with Gasteiger partial charge in [-0.2, -0.15) is 0 Å². The molecule has 100 valence electrons. The number of hydrogen-bond donors (Lipinski definition) is 0. The summed E-state index contributed by atoms with van der Waals surface area (Å²) in [6.07, 6.45) is 0. The van der Waals surface area contributed by atoms with Crippen molar-refractivity contribution in [2.45, 2.75) is 19.9 Å². The van der Waals surface area contributed by atoms with Crippen molar-refractivity contribution in [1.82, 2.24) is 0 Å². The maximum absolute atomic E-state index is 6.29. The zero-order valence-electron chi connectivity index (χ0n) is 11.5. The van der Waals surface area contributed by atoms with Crippen LogP contribution in [-0.2, 0) is 4.43 Å². The van der Waals surface area contributed by atoms with Gasteiger partial charge in [0.2, 0.25) is 0 Å². The molecule has 0 bridgehead atoms. The van der Waals surface area contributed by atoms with Crippen molar-refractivity contribution < 1.29 is 8.85 Å². The van der Waals surface area contributed by atoms with Gasteiger partial charge in [0.1, 0.15) is 5.75 Å². The van der Waals surface area contributed by atoms with Crippen LogP contribution in [0.15, 0.2) is 60.7 Å². The highest BCUT2D eigenvalue weighted by molar-refractivity contribution is 6.81. The van der Waals surface area contributed by atoms with Gasteiger partial charge in [-0.3, -0.25) is 0 Å². The predicted molar refractivity (Wildman–Crippen MR) is 81.0 cm³/mol. The Balaban J connectivity index is 2.34. The summed E-state index contributed by atoms with van der Waals surface area (Å²) >= 11 is 0. The minimum absolute atomic E-state index is 0.668. The van der Waals surface area contributed by atoms with E-state index in [4.69, 9.17) is 8.85 Å². The molecule has 19 heavy (non-hydrogen) atoms. The first-order valence-corrected chi connectivity index (χ1v) is 8.76. The molecule has 2 aromatic rings. The first-order valence-electron chi connectivity index (χ1n) is 6.74. The molecule has 0 spiro atoms. The van der Waals surface area contributed by atoms with Crippen LogP contribution in [-0.4, -0.2) is 15.2 Å². The summed E-state index contributed by atoms with van der Waals surface area (Å²) in [6.45, 7) is 4.83. The summed E-state index contributed by atoms with van der Waals surface area (Å²) < 4.78 is 12.4. The summed E-state index contributed by atoms with van der Waals surface area (Å²) in [5.74, 6) is 0.883. The lowest BCUT2D eigenvalue weighted by atomic mass is 10.3. The van der Waals surface area contributed by atoms with E-state index in [0.717, 1.165) is 11.8 Å². The van der Waals surface area contributed by atoms with E-state index in [2.05, 4.69) is 19.1 Å². The van der Waals surface area contributed by atoms with Crippen LogP contribution in [0.25, 0.3) is 0 Å². The number of hydrogen-bond acceptors (Lipinski definition) is 2. The van der Waals surface area contributed by atoms with Crippen molar-refractivity contribution in [3.8, 4) is 5.75 Å². The summed E-state index contributed by atoms with van der Waals surface area (Å²) in [5, 5.41) is 1.18. The maximum atomic E-state index is 6.29. The smallest absolute Gasteiger partial charge is 0.433 e. The summed E-state index contributed by atoms with van der Waals surface area (Å²) in [7, 11) is -2.39. The van der Waals surface area contributed by atoms with Crippen molar-refractivity contribution in [2.24, 2.45) is 0 Å². The molecule has 0 saturated heterocycles. The molecule has 0 N–H and O–H groups in total. The van der Waals surface area contributed by atoms with E-state index < -0.39 is 8.56 Å². The Bertz CT molecular complexity index is 487. The fraction of sp³-hybridized carbons (Fsp3) is 0.250. The second-order valence-corrected chi connectivity index (χ2v) is 7.60. The molecular weight excluding hydrogens is 252 g/mol. The van der Waals surface area contributed by atoms with Crippen molar-refractivity contribution in [3.63, 3.8) is 0 Å². The quantitative estimate of drug-likeness (QED) is 0.750. The average Bonchev–Trinajstić information content (AvgIpc) is 2.49. The summed E-state index contributed by atoms with van der Waals surface area (Å²) in [6, 6.07) is 21.1. The SMILES string of the molecule is CCO[Si](CC)(Oc1ccccc1)c1ccccc1. The lowest BCUT2D eigenvalue weighted by Gasteiger charge is -2.30. The molecule has 2 rings (SSSR count). The predicted octanol–water partition coefficient (Wildman–Crippen LogP) is 3.47. The molecule has 0 radical (unpaired) electrons. The fourth-order valence-electron chi connectivity index (χ4n) is 2.15. The minimum Gasteiger partial charge on any atom is -0.517 e. The van der Waals surface area contributed by atoms with Crippen LogP contribution in [0.2, 0.25) is 6.04 Å². The Morgan fingerprint density at radius 1 is 0.842 bits per heavy atom. The molecule has 1 atom stereocenters. The number of benzene rings is 2. The Labute approximate surface area is 116 Å². The van der Waals surface area contributed by atoms with Gasteiger partial charge in [-0.05, 0) is 19.1 Å². The van der Waals surface area contributed by atoms with E-state index in [1.807, 2.05) is 55.5 Å². The van der Waals surface area contributed by atoms with Crippen LogP contribution in [0, 0.1) is 0 Å². The van der Waals surface area contributed by atoms with Crippen LogP contribution in [0.5, 0.6) is 5.75 Å². The highest BCUT2D eigenvalue weighted by atomic mass is 28.4. The van der Waals surface area contributed by atoms with Gasteiger partial charge in [0.15, 0.2) is 0 Å². The molecule has 0 aliphatic carbocycles. The van der Waals surface area contributed by atoms with Gasteiger partial charge in [-0.15, -0.1) is 0 Å². The van der Waals surface area contributed by atoms with Gasteiger partial charge in [0, 0.05) is 17.8 Å². The first-order chi connectivity index (χ1) is 9.30. The molecule has 0 heterocycles. The molecule has 1 unspecified atom stereocenters. The third-order valence-corrected chi connectivity index (χ3v) is 6.55. The van der Waals surface area contributed by atoms with Crippen LogP contribution >= 0.6 is 0 Å². The van der Waals surface area contributed by atoms with Crippen LogP contribution < -0.4 is 9.61 Å². The topological polar surface area (TPSA) is 18.5 Å². The second-order valence-electron chi connectivity index (χ2n) is 4.32. The Morgan fingerprint density at radius 2 is 1.42 bits per heavy atom.